The third kappa shape index (κ3) is 2.64. The normalized spacial score (nSPS) is 27.2. The average Bonchev–Trinajstić information content (AvgIpc) is 2.34. The van der Waals surface area contributed by atoms with Crippen LogP contribution in [0.4, 0.5) is 0 Å². The van der Waals surface area contributed by atoms with E-state index in [-0.39, 0.29) is 36.6 Å². The van der Waals surface area contributed by atoms with Crippen LogP contribution in [0.3, 0.4) is 0 Å². The summed E-state index contributed by atoms with van der Waals surface area (Å²) in [6.45, 7) is 7.13. The summed E-state index contributed by atoms with van der Waals surface area (Å²) in [5.41, 5.74) is -0.813. The molecule has 0 amide bonds. The highest BCUT2D eigenvalue weighted by Crippen LogP contribution is 2.37. The highest BCUT2D eigenvalue weighted by Gasteiger charge is 2.40. The molecular formula is C14H22O4. The maximum atomic E-state index is 12.1. The summed E-state index contributed by atoms with van der Waals surface area (Å²) in [7, 11) is 0. The second kappa shape index (κ2) is 5.65. The summed E-state index contributed by atoms with van der Waals surface area (Å²) >= 11 is 0. The number of hydrogen-bond acceptors (Lipinski definition) is 4. The minimum Gasteiger partial charge on any atom is -0.493 e. The summed E-state index contributed by atoms with van der Waals surface area (Å²) in [6.07, 6.45) is 1.86. The number of aliphatic hydroxyl groups is 1. The maximum Gasteiger partial charge on any atom is 0.165 e. The Bertz CT molecular complexity index is 372. The van der Waals surface area contributed by atoms with Crippen molar-refractivity contribution < 1.29 is 19.4 Å². The predicted octanol–water partition coefficient (Wildman–Crippen LogP) is 1.86. The predicted molar refractivity (Wildman–Crippen MR) is 67.9 cm³/mol. The highest BCUT2D eigenvalue weighted by molar-refractivity contribution is 5.95. The smallest absolute Gasteiger partial charge is 0.165 e. The minimum atomic E-state index is -0.813. The zero-order valence-electron chi connectivity index (χ0n) is 11.5. The largest absolute Gasteiger partial charge is 0.493 e. The summed E-state index contributed by atoms with van der Waals surface area (Å²) < 4.78 is 5.73. The first kappa shape index (κ1) is 14.9. The van der Waals surface area contributed by atoms with E-state index >= 15 is 0 Å². The van der Waals surface area contributed by atoms with Crippen molar-refractivity contribution in [1.82, 2.24) is 0 Å². The van der Waals surface area contributed by atoms with Gasteiger partial charge in [-0.25, -0.2) is 0 Å². The van der Waals surface area contributed by atoms with Crippen molar-refractivity contribution in [1.29, 1.82) is 0 Å². The van der Waals surface area contributed by atoms with Crippen LogP contribution in [0.1, 0.15) is 40.5 Å². The van der Waals surface area contributed by atoms with E-state index in [9.17, 15) is 9.59 Å². The van der Waals surface area contributed by atoms with Crippen molar-refractivity contribution >= 4 is 11.6 Å². The van der Waals surface area contributed by atoms with E-state index < -0.39 is 5.41 Å². The summed E-state index contributed by atoms with van der Waals surface area (Å²) in [6, 6.07) is 0. The lowest BCUT2D eigenvalue weighted by atomic mass is 9.77. The van der Waals surface area contributed by atoms with E-state index in [4.69, 9.17) is 9.84 Å². The van der Waals surface area contributed by atoms with Crippen molar-refractivity contribution in [3.8, 4) is 0 Å². The van der Waals surface area contributed by atoms with E-state index in [1.165, 1.54) is 6.08 Å². The third-order valence-electron chi connectivity index (χ3n) is 3.94. The molecule has 1 aliphatic rings. The molecule has 0 aliphatic carbocycles. The van der Waals surface area contributed by atoms with Gasteiger partial charge in [-0.1, -0.05) is 13.8 Å². The molecule has 0 fully saturated rings. The number of aliphatic hydroxyl groups excluding tert-OH is 1. The van der Waals surface area contributed by atoms with Crippen LogP contribution < -0.4 is 0 Å². The molecule has 0 saturated carbocycles. The number of Topliss-reactive ketones (excluding diaryl/α,β-unsaturated/α-hetero) is 1. The second-order valence-corrected chi connectivity index (χ2v) is 5.11. The van der Waals surface area contributed by atoms with Crippen LogP contribution in [0.2, 0.25) is 0 Å². The first-order valence-corrected chi connectivity index (χ1v) is 6.43. The molecule has 0 radical (unpaired) electrons. The Morgan fingerprint density at radius 3 is 2.56 bits per heavy atom. The maximum absolute atomic E-state index is 12.1. The van der Waals surface area contributed by atoms with Gasteiger partial charge >= 0.3 is 0 Å². The third-order valence-corrected chi connectivity index (χ3v) is 3.94. The van der Waals surface area contributed by atoms with E-state index in [2.05, 4.69) is 0 Å². The SMILES string of the molecule is CC[C@@](C)(C(=O)CCO)C1=CC(=O)[C@H](C)[C@@H](C)O1. The Morgan fingerprint density at radius 2 is 2.11 bits per heavy atom. The molecule has 1 aliphatic heterocycles. The molecule has 0 saturated heterocycles. The standard InChI is InChI=1S/C14H22O4/c1-5-14(4,12(17)6-7-15)13-8-11(16)9(2)10(3)18-13/h8-10,15H,5-7H2,1-4H3/t9-,10-,14+/m1/s1. The van der Waals surface area contributed by atoms with Crippen LogP contribution in [0.25, 0.3) is 0 Å². The van der Waals surface area contributed by atoms with Gasteiger partial charge in [-0.05, 0) is 20.3 Å². The first-order chi connectivity index (χ1) is 8.36. The van der Waals surface area contributed by atoms with Crippen LogP contribution in [0, 0.1) is 11.3 Å². The molecule has 1 rings (SSSR count). The van der Waals surface area contributed by atoms with Gasteiger partial charge in [0, 0.05) is 19.1 Å². The lowest BCUT2D eigenvalue weighted by molar-refractivity contribution is -0.132. The van der Waals surface area contributed by atoms with Crippen molar-refractivity contribution in [2.45, 2.75) is 46.6 Å². The molecule has 1 N–H and O–H groups in total. The lowest BCUT2D eigenvalue weighted by Gasteiger charge is -2.35. The lowest BCUT2D eigenvalue weighted by Crippen LogP contribution is -2.38. The van der Waals surface area contributed by atoms with E-state index in [0.29, 0.717) is 12.2 Å². The molecule has 18 heavy (non-hydrogen) atoms. The highest BCUT2D eigenvalue weighted by atomic mass is 16.5. The molecule has 0 unspecified atom stereocenters. The molecule has 4 heteroatoms. The molecule has 0 spiro atoms. The average molecular weight is 254 g/mol. The Labute approximate surface area is 108 Å². The number of hydrogen-bond donors (Lipinski definition) is 1. The Kier molecular flexibility index (Phi) is 4.68. The van der Waals surface area contributed by atoms with Crippen LogP contribution >= 0.6 is 0 Å². The van der Waals surface area contributed by atoms with Crippen molar-refractivity contribution in [3.05, 3.63) is 11.8 Å². The fourth-order valence-corrected chi connectivity index (χ4v) is 2.00. The molecular weight excluding hydrogens is 232 g/mol. The van der Waals surface area contributed by atoms with Crippen molar-refractivity contribution in [2.75, 3.05) is 6.61 Å². The van der Waals surface area contributed by atoms with Gasteiger partial charge in [-0.15, -0.1) is 0 Å². The van der Waals surface area contributed by atoms with E-state index in [1.54, 1.807) is 6.92 Å². The van der Waals surface area contributed by atoms with E-state index in [0.717, 1.165) is 0 Å². The number of ketones is 2. The van der Waals surface area contributed by atoms with Gasteiger partial charge in [-0.3, -0.25) is 9.59 Å². The molecule has 4 nitrogen and oxygen atoms in total. The molecule has 0 aromatic rings. The molecule has 0 aromatic heterocycles. The fraction of sp³-hybridized carbons (Fsp3) is 0.714. The van der Waals surface area contributed by atoms with Gasteiger partial charge in [0.1, 0.15) is 17.6 Å². The van der Waals surface area contributed by atoms with Crippen LogP contribution in [0.15, 0.2) is 11.8 Å². The fourth-order valence-electron chi connectivity index (χ4n) is 2.00. The number of ether oxygens (including phenoxy) is 1. The summed E-state index contributed by atoms with van der Waals surface area (Å²) in [5.74, 6) is 0.176. The topological polar surface area (TPSA) is 63.6 Å². The molecule has 1 heterocycles. The second-order valence-electron chi connectivity index (χ2n) is 5.11. The molecule has 0 bridgehead atoms. The Balaban J connectivity index is 3.06. The van der Waals surface area contributed by atoms with Crippen molar-refractivity contribution in [2.24, 2.45) is 11.3 Å². The molecule has 0 aromatic carbocycles. The van der Waals surface area contributed by atoms with Gasteiger partial charge in [0.2, 0.25) is 0 Å². The van der Waals surface area contributed by atoms with Gasteiger partial charge in [-0.2, -0.15) is 0 Å². The Hall–Kier alpha value is -1.16. The number of carbonyl (C=O) groups is 2. The van der Waals surface area contributed by atoms with Crippen molar-refractivity contribution in [3.63, 3.8) is 0 Å². The minimum absolute atomic E-state index is 0.000207. The quantitative estimate of drug-likeness (QED) is 0.813. The van der Waals surface area contributed by atoms with Gasteiger partial charge in [0.05, 0.1) is 11.3 Å². The number of allylic oxidation sites excluding steroid dienone is 2. The number of carbonyl (C=O) groups excluding carboxylic acids is 2. The summed E-state index contributed by atoms with van der Waals surface area (Å²) in [5, 5.41) is 8.89. The first-order valence-electron chi connectivity index (χ1n) is 6.43. The zero-order chi connectivity index (χ0) is 13.9. The van der Waals surface area contributed by atoms with Gasteiger partial charge in [0.15, 0.2) is 5.78 Å². The molecule has 102 valence electrons. The van der Waals surface area contributed by atoms with Crippen LogP contribution in [-0.4, -0.2) is 29.4 Å². The Morgan fingerprint density at radius 1 is 1.50 bits per heavy atom. The van der Waals surface area contributed by atoms with Crippen LogP contribution in [-0.2, 0) is 14.3 Å². The molecule has 3 atom stereocenters. The van der Waals surface area contributed by atoms with Crippen LogP contribution in [0.5, 0.6) is 0 Å². The van der Waals surface area contributed by atoms with Gasteiger partial charge < -0.3 is 9.84 Å². The number of rotatable bonds is 5. The van der Waals surface area contributed by atoms with Gasteiger partial charge in [0.25, 0.3) is 0 Å². The van der Waals surface area contributed by atoms with E-state index in [1.807, 2.05) is 20.8 Å². The zero-order valence-corrected chi connectivity index (χ0v) is 11.5. The summed E-state index contributed by atoms with van der Waals surface area (Å²) in [4.78, 5) is 23.9. The monoisotopic (exact) mass is 254 g/mol.